The van der Waals surface area contributed by atoms with Gasteiger partial charge in [0.05, 0.1) is 0 Å². The van der Waals surface area contributed by atoms with Crippen LogP contribution in [0.25, 0.3) is 11.1 Å². The first-order valence-corrected chi connectivity index (χ1v) is 8.17. The molecule has 1 atom stereocenters. The van der Waals surface area contributed by atoms with Gasteiger partial charge < -0.3 is 10.0 Å². The number of carbonyl (C=O) groups excluding carboxylic acids is 1. The molecule has 2 aromatic carbocycles. The zero-order chi connectivity index (χ0) is 16.5. The van der Waals surface area contributed by atoms with Crippen molar-refractivity contribution in [2.24, 2.45) is 5.92 Å². The molecule has 0 saturated carbocycles. The molecule has 0 bridgehead atoms. The Kier molecular flexibility index (Phi) is 6.82. The molecular formula is C20H25NO2. The van der Waals surface area contributed by atoms with Gasteiger partial charge in [-0.15, -0.1) is 0 Å². The Morgan fingerprint density at radius 3 is 2.00 bits per heavy atom. The number of rotatable bonds is 2. The normalized spacial score (nSPS) is 17.1. The molecule has 0 aliphatic carbocycles. The molecule has 1 aliphatic rings. The van der Waals surface area contributed by atoms with Gasteiger partial charge in [0, 0.05) is 26.6 Å². The summed E-state index contributed by atoms with van der Waals surface area (Å²) >= 11 is 0. The lowest BCUT2D eigenvalue weighted by atomic mass is 9.99. The lowest BCUT2D eigenvalue weighted by molar-refractivity contribution is -0.130. The molecule has 23 heavy (non-hydrogen) atoms. The maximum Gasteiger partial charge on any atom is 0.219 e. The minimum absolute atomic E-state index is 0.128. The SMILES string of the molecule is CC(=O)N1CCCC(CO)C1.c1ccc(-c2ccccc2)cc1. The first-order valence-electron chi connectivity index (χ1n) is 8.17. The Balaban J connectivity index is 0.000000168. The van der Waals surface area contributed by atoms with Gasteiger partial charge >= 0.3 is 0 Å². The van der Waals surface area contributed by atoms with E-state index >= 15 is 0 Å². The van der Waals surface area contributed by atoms with Crippen molar-refractivity contribution in [1.82, 2.24) is 4.90 Å². The van der Waals surface area contributed by atoms with Crippen LogP contribution in [0, 0.1) is 5.92 Å². The molecule has 122 valence electrons. The van der Waals surface area contributed by atoms with Gasteiger partial charge in [0.25, 0.3) is 0 Å². The number of hydrogen-bond acceptors (Lipinski definition) is 2. The highest BCUT2D eigenvalue weighted by molar-refractivity contribution is 5.73. The van der Waals surface area contributed by atoms with Crippen LogP contribution in [0.4, 0.5) is 0 Å². The van der Waals surface area contributed by atoms with Crippen LogP contribution in [0.3, 0.4) is 0 Å². The monoisotopic (exact) mass is 311 g/mol. The molecule has 3 heteroatoms. The Morgan fingerprint density at radius 2 is 1.57 bits per heavy atom. The quantitative estimate of drug-likeness (QED) is 0.921. The summed E-state index contributed by atoms with van der Waals surface area (Å²) in [5, 5.41) is 8.85. The molecular weight excluding hydrogens is 286 g/mol. The summed E-state index contributed by atoms with van der Waals surface area (Å²) in [5.74, 6) is 0.441. The predicted octanol–water partition coefficient (Wildman–Crippen LogP) is 3.59. The zero-order valence-corrected chi connectivity index (χ0v) is 13.7. The van der Waals surface area contributed by atoms with Crippen molar-refractivity contribution in [1.29, 1.82) is 0 Å². The Bertz CT molecular complexity index is 546. The van der Waals surface area contributed by atoms with Gasteiger partial charge in [-0.3, -0.25) is 4.79 Å². The number of amides is 1. The molecule has 3 nitrogen and oxygen atoms in total. The third-order valence-electron chi connectivity index (χ3n) is 4.10. The molecule has 1 heterocycles. The fraction of sp³-hybridized carbons (Fsp3) is 0.350. The second kappa shape index (κ2) is 9.11. The van der Waals surface area contributed by atoms with Crippen molar-refractivity contribution >= 4 is 5.91 Å². The molecule has 1 fully saturated rings. The molecule has 1 aliphatic heterocycles. The lowest BCUT2D eigenvalue weighted by Gasteiger charge is -2.30. The summed E-state index contributed by atoms with van der Waals surface area (Å²) in [6.45, 7) is 3.40. The molecule has 1 amide bonds. The van der Waals surface area contributed by atoms with E-state index in [1.54, 1.807) is 6.92 Å². The summed E-state index contributed by atoms with van der Waals surface area (Å²) in [4.78, 5) is 12.7. The molecule has 1 N–H and O–H groups in total. The molecule has 3 rings (SSSR count). The average Bonchev–Trinajstić information content (AvgIpc) is 2.64. The van der Waals surface area contributed by atoms with Gasteiger partial charge in [-0.05, 0) is 29.9 Å². The fourth-order valence-corrected chi connectivity index (χ4v) is 2.76. The Labute approximate surface area is 138 Å². The van der Waals surface area contributed by atoms with Crippen molar-refractivity contribution in [2.45, 2.75) is 19.8 Å². The highest BCUT2D eigenvalue weighted by Crippen LogP contribution is 2.17. The second-order valence-electron chi connectivity index (χ2n) is 5.89. The smallest absolute Gasteiger partial charge is 0.219 e. The summed E-state index contributed by atoms with van der Waals surface area (Å²) in [5.41, 5.74) is 2.55. The number of benzene rings is 2. The minimum atomic E-state index is 0.128. The minimum Gasteiger partial charge on any atom is -0.396 e. The number of piperidine rings is 1. The first-order chi connectivity index (χ1) is 11.2. The second-order valence-corrected chi connectivity index (χ2v) is 5.89. The molecule has 2 aromatic rings. The van der Waals surface area contributed by atoms with Crippen molar-refractivity contribution in [3.8, 4) is 11.1 Å². The van der Waals surface area contributed by atoms with E-state index in [4.69, 9.17) is 5.11 Å². The highest BCUT2D eigenvalue weighted by Gasteiger charge is 2.20. The molecule has 0 spiro atoms. The van der Waals surface area contributed by atoms with Crippen LogP contribution in [-0.4, -0.2) is 35.6 Å². The van der Waals surface area contributed by atoms with E-state index in [0.29, 0.717) is 5.92 Å². The van der Waals surface area contributed by atoms with Crippen molar-refractivity contribution in [2.75, 3.05) is 19.7 Å². The number of aliphatic hydroxyl groups is 1. The molecule has 1 unspecified atom stereocenters. The Morgan fingerprint density at radius 1 is 1.04 bits per heavy atom. The van der Waals surface area contributed by atoms with Crippen LogP contribution < -0.4 is 0 Å². The van der Waals surface area contributed by atoms with Crippen LogP contribution in [0.15, 0.2) is 60.7 Å². The Hall–Kier alpha value is -2.13. The maximum atomic E-state index is 10.9. The number of likely N-dealkylation sites (tertiary alicyclic amines) is 1. The van der Waals surface area contributed by atoms with Gasteiger partial charge in [-0.25, -0.2) is 0 Å². The average molecular weight is 311 g/mol. The maximum absolute atomic E-state index is 10.9. The van der Waals surface area contributed by atoms with Gasteiger partial charge in [0.2, 0.25) is 5.91 Å². The van der Waals surface area contributed by atoms with Crippen LogP contribution >= 0.6 is 0 Å². The summed E-state index contributed by atoms with van der Waals surface area (Å²) in [7, 11) is 0. The standard InChI is InChI=1S/C12H10.C8H15NO2/c1-3-7-11(8-4-1)12-9-5-2-6-10-12;1-7(11)9-4-2-3-8(5-9)6-10/h1-10H;8,10H,2-6H2,1H3. The van der Waals surface area contributed by atoms with Gasteiger partial charge in [0.1, 0.15) is 0 Å². The first kappa shape index (κ1) is 17.2. The van der Waals surface area contributed by atoms with Crippen molar-refractivity contribution in [3.05, 3.63) is 60.7 Å². The van der Waals surface area contributed by atoms with E-state index in [-0.39, 0.29) is 12.5 Å². The van der Waals surface area contributed by atoms with Crippen LogP contribution in [0.1, 0.15) is 19.8 Å². The summed E-state index contributed by atoms with van der Waals surface area (Å²) < 4.78 is 0. The zero-order valence-electron chi connectivity index (χ0n) is 13.7. The van der Waals surface area contributed by atoms with Crippen LogP contribution in [-0.2, 0) is 4.79 Å². The van der Waals surface area contributed by atoms with E-state index in [1.807, 2.05) is 17.0 Å². The van der Waals surface area contributed by atoms with E-state index in [0.717, 1.165) is 25.9 Å². The molecule has 1 saturated heterocycles. The van der Waals surface area contributed by atoms with Gasteiger partial charge in [-0.2, -0.15) is 0 Å². The fourth-order valence-electron chi connectivity index (χ4n) is 2.76. The van der Waals surface area contributed by atoms with Gasteiger partial charge in [-0.1, -0.05) is 60.7 Å². The van der Waals surface area contributed by atoms with Crippen molar-refractivity contribution in [3.63, 3.8) is 0 Å². The third kappa shape index (κ3) is 5.53. The number of aliphatic hydroxyl groups excluding tert-OH is 1. The van der Waals surface area contributed by atoms with Gasteiger partial charge in [0.15, 0.2) is 0 Å². The van der Waals surface area contributed by atoms with Crippen molar-refractivity contribution < 1.29 is 9.90 Å². The van der Waals surface area contributed by atoms with E-state index < -0.39 is 0 Å². The molecule has 0 radical (unpaired) electrons. The van der Waals surface area contributed by atoms with E-state index in [9.17, 15) is 4.79 Å². The lowest BCUT2D eigenvalue weighted by Crippen LogP contribution is -2.39. The topological polar surface area (TPSA) is 40.5 Å². The van der Waals surface area contributed by atoms with E-state index in [2.05, 4.69) is 48.5 Å². The summed E-state index contributed by atoms with van der Waals surface area (Å²) in [6.07, 6.45) is 2.09. The predicted molar refractivity (Wildman–Crippen MR) is 93.9 cm³/mol. The van der Waals surface area contributed by atoms with Crippen LogP contribution in [0.5, 0.6) is 0 Å². The largest absolute Gasteiger partial charge is 0.396 e. The number of nitrogens with zero attached hydrogens (tertiary/aromatic N) is 1. The number of carbonyl (C=O) groups is 1. The third-order valence-corrected chi connectivity index (χ3v) is 4.10. The summed E-state index contributed by atoms with van der Waals surface area (Å²) in [6, 6.07) is 20.8. The molecule has 0 aromatic heterocycles. The van der Waals surface area contributed by atoms with Crippen LogP contribution in [0.2, 0.25) is 0 Å². The highest BCUT2D eigenvalue weighted by atomic mass is 16.3. The van der Waals surface area contributed by atoms with E-state index in [1.165, 1.54) is 11.1 Å². The number of hydrogen-bond donors (Lipinski definition) is 1.